The van der Waals surface area contributed by atoms with Gasteiger partial charge in [0.2, 0.25) is 88.6 Å². The van der Waals surface area contributed by atoms with Gasteiger partial charge in [-0.2, -0.15) is 0 Å². The summed E-state index contributed by atoms with van der Waals surface area (Å²) in [5.74, 6) is -13.7. The Bertz CT molecular complexity index is 4050. The van der Waals surface area contributed by atoms with Gasteiger partial charge in [-0.3, -0.25) is 76.9 Å². The molecule has 15 amide bonds. The number of para-hydroxylation sites is 1. The first-order valence-electron chi connectivity index (χ1n) is 45.3. The quantitative estimate of drug-likeness (QED) is 0.0188. The molecule has 0 bridgehead atoms. The van der Waals surface area contributed by atoms with Gasteiger partial charge in [-0.05, 0) is 189 Å². The molecule has 0 spiro atoms. The molecule has 128 heavy (non-hydrogen) atoms. The highest BCUT2D eigenvalue weighted by Crippen LogP contribution is 2.22. The lowest BCUT2D eigenvalue weighted by Gasteiger charge is -2.29. The Morgan fingerprint density at radius 3 is 1.18 bits per heavy atom. The van der Waals surface area contributed by atoms with Crippen molar-refractivity contribution in [2.45, 2.75) is 303 Å². The predicted octanol–water partition coefficient (Wildman–Crippen LogP) is -0.730. The average molecular weight is 1800 g/mol. The summed E-state index contributed by atoms with van der Waals surface area (Å²) in [7, 11) is 0. The summed E-state index contributed by atoms with van der Waals surface area (Å²) in [5, 5.41) is 39.1. The molecular formula is C89H152N24O15. The summed E-state index contributed by atoms with van der Waals surface area (Å²) in [6.45, 7) is 23.0. The maximum absolute atomic E-state index is 15.1. The van der Waals surface area contributed by atoms with E-state index in [-0.39, 0.29) is 121 Å². The van der Waals surface area contributed by atoms with Crippen molar-refractivity contribution in [1.82, 2.24) is 79.4 Å². The summed E-state index contributed by atoms with van der Waals surface area (Å²) in [6.07, 6.45) is 6.32. The van der Waals surface area contributed by atoms with Crippen LogP contribution in [-0.2, 0) is 84.8 Å². The Morgan fingerprint density at radius 1 is 0.367 bits per heavy atom. The number of unbranched alkanes of at least 4 members (excludes halogenated alkanes) is 4. The molecule has 2 aromatic carbocycles. The number of rotatable bonds is 63. The molecule has 0 unspecified atom stereocenters. The molecule has 3 rings (SSSR count). The van der Waals surface area contributed by atoms with Gasteiger partial charge in [-0.1, -0.05) is 144 Å². The zero-order valence-corrected chi connectivity index (χ0v) is 77.4. The van der Waals surface area contributed by atoms with Crippen LogP contribution in [0.15, 0.2) is 65.8 Å². The Kier molecular flexibility index (Phi) is 51.5. The molecule has 0 aliphatic heterocycles. The molecule has 0 fully saturated rings. The number of nitrogens with one attached hydrogen (secondary N) is 15. The fourth-order valence-electron chi connectivity index (χ4n) is 14.2. The van der Waals surface area contributed by atoms with Crippen molar-refractivity contribution in [3.8, 4) is 0 Å². The zero-order chi connectivity index (χ0) is 95.9. The third kappa shape index (κ3) is 41.0. The minimum absolute atomic E-state index is 0.00283. The number of hydrogen-bond donors (Lipinski definition) is 23. The third-order valence-corrected chi connectivity index (χ3v) is 21.8. The summed E-state index contributed by atoms with van der Waals surface area (Å²) >= 11 is 0. The largest absolute Gasteiger partial charge is 0.370 e. The zero-order valence-electron chi connectivity index (χ0n) is 77.4. The molecule has 0 saturated heterocycles. The van der Waals surface area contributed by atoms with Crippen LogP contribution in [0.3, 0.4) is 0 Å². The van der Waals surface area contributed by atoms with E-state index in [9.17, 15) is 67.1 Å². The Morgan fingerprint density at radius 2 is 0.734 bits per heavy atom. The monoisotopic (exact) mass is 1800 g/mol. The molecule has 0 saturated carbocycles. The van der Waals surface area contributed by atoms with E-state index < -0.39 is 197 Å². The molecule has 718 valence electrons. The van der Waals surface area contributed by atoms with Crippen molar-refractivity contribution >= 4 is 105 Å². The summed E-state index contributed by atoms with van der Waals surface area (Å²) in [5.41, 5.74) is 48.7. The maximum atomic E-state index is 15.1. The number of H-pyrrole nitrogens is 1. The van der Waals surface area contributed by atoms with Gasteiger partial charge in [0.25, 0.3) is 0 Å². The van der Waals surface area contributed by atoms with E-state index in [0.29, 0.717) is 75.5 Å². The average Bonchev–Trinajstić information content (AvgIpc) is 1.66. The molecule has 31 N–H and O–H groups in total. The number of benzene rings is 2. The highest BCUT2D eigenvalue weighted by molar-refractivity contribution is 6.01. The van der Waals surface area contributed by atoms with Gasteiger partial charge in [0.15, 0.2) is 5.96 Å². The smallest absolute Gasteiger partial charge is 0.243 e. The maximum Gasteiger partial charge on any atom is 0.243 e. The van der Waals surface area contributed by atoms with Crippen molar-refractivity contribution in [3.05, 3.63) is 71.9 Å². The van der Waals surface area contributed by atoms with E-state index in [2.05, 4.69) is 84.4 Å². The minimum atomic E-state index is -1.42. The molecular weight excluding hydrogens is 1650 g/mol. The lowest BCUT2D eigenvalue weighted by Crippen LogP contribution is -2.61. The van der Waals surface area contributed by atoms with Gasteiger partial charge in [0, 0.05) is 36.5 Å². The molecule has 15 atom stereocenters. The summed E-state index contributed by atoms with van der Waals surface area (Å²) < 4.78 is 0. The molecule has 0 aliphatic carbocycles. The second-order valence-corrected chi connectivity index (χ2v) is 35.1. The number of aliphatic imine (C=N–C) groups is 1. The van der Waals surface area contributed by atoms with E-state index in [1.54, 1.807) is 78.1 Å². The topological polar surface area (TPSA) is 661 Å². The second-order valence-electron chi connectivity index (χ2n) is 35.1. The summed E-state index contributed by atoms with van der Waals surface area (Å²) in [6, 6.07) is -1.45. The number of carbonyl (C=O) groups excluding carboxylic acids is 15. The fourth-order valence-corrected chi connectivity index (χ4v) is 14.2. The van der Waals surface area contributed by atoms with E-state index in [0.717, 1.165) is 10.9 Å². The van der Waals surface area contributed by atoms with Gasteiger partial charge in [-0.15, -0.1) is 0 Å². The van der Waals surface area contributed by atoms with Crippen molar-refractivity contribution < 1.29 is 71.9 Å². The van der Waals surface area contributed by atoms with Gasteiger partial charge in [0.1, 0.15) is 78.5 Å². The number of primary amides is 1. The Hall–Kier alpha value is -10.9. The number of guanidine groups is 1. The number of aromatic nitrogens is 1. The molecule has 0 aliphatic rings. The molecule has 0 radical (unpaired) electrons. The highest BCUT2D eigenvalue weighted by Gasteiger charge is 2.39. The number of carbonyl (C=O) groups is 15. The van der Waals surface area contributed by atoms with Crippen LogP contribution in [0.5, 0.6) is 0 Å². The van der Waals surface area contributed by atoms with Crippen LogP contribution in [0, 0.1) is 35.5 Å². The Labute approximate surface area is 753 Å². The second kappa shape index (κ2) is 59.3. The van der Waals surface area contributed by atoms with Crippen LogP contribution in [-0.4, -0.2) is 223 Å². The lowest BCUT2D eigenvalue weighted by molar-refractivity contribution is -0.136. The normalized spacial score (nSPS) is 15.0. The van der Waals surface area contributed by atoms with Crippen molar-refractivity contribution in [2.24, 2.45) is 86.4 Å². The van der Waals surface area contributed by atoms with E-state index >= 15 is 4.79 Å². The number of nitrogens with two attached hydrogens (primary N) is 8. The lowest BCUT2D eigenvalue weighted by atomic mass is 9.97. The molecule has 3 aromatic rings. The predicted molar refractivity (Wildman–Crippen MR) is 492 cm³/mol. The van der Waals surface area contributed by atoms with Crippen LogP contribution < -0.4 is 120 Å². The van der Waals surface area contributed by atoms with E-state index in [1.807, 2.05) is 65.8 Å². The van der Waals surface area contributed by atoms with Crippen LogP contribution in [0.1, 0.15) is 217 Å². The van der Waals surface area contributed by atoms with E-state index in [1.165, 1.54) is 6.92 Å². The fraction of sp³-hybridized carbons (Fsp3) is 0.663. The first-order chi connectivity index (χ1) is 60.6. The highest BCUT2D eigenvalue weighted by atomic mass is 16.2. The van der Waals surface area contributed by atoms with E-state index in [4.69, 9.17) is 45.9 Å². The van der Waals surface area contributed by atoms with Crippen LogP contribution in [0.2, 0.25) is 0 Å². The number of aromatic amines is 1. The van der Waals surface area contributed by atoms with Crippen molar-refractivity contribution in [3.63, 3.8) is 0 Å². The van der Waals surface area contributed by atoms with Gasteiger partial charge < -0.3 is 125 Å². The number of hydrogen-bond acceptors (Lipinski definition) is 21. The van der Waals surface area contributed by atoms with Crippen LogP contribution >= 0.6 is 0 Å². The Balaban J connectivity index is 1.89. The first-order valence-corrected chi connectivity index (χ1v) is 45.3. The minimum Gasteiger partial charge on any atom is -0.370 e. The summed E-state index contributed by atoms with van der Waals surface area (Å²) in [4.78, 5) is 221. The first kappa shape index (κ1) is 111. The van der Waals surface area contributed by atoms with Crippen molar-refractivity contribution in [2.75, 3.05) is 39.3 Å². The van der Waals surface area contributed by atoms with Gasteiger partial charge in [0.05, 0.1) is 12.6 Å². The number of fused-ring (bicyclic) bond motifs is 1. The van der Waals surface area contributed by atoms with Gasteiger partial charge in [-0.25, -0.2) is 0 Å². The molecule has 1 heterocycles. The van der Waals surface area contributed by atoms with Gasteiger partial charge >= 0.3 is 0 Å². The molecule has 39 nitrogen and oxygen atoms in total. The SMILES string of the molecule is CC[C@H](C)[C@H](NC(=O)[C@H](CCCCN)NC(=O)[C@H](CCCCN)NC(=O)[C@H](Cc1ccccc1)NC(=O)[C@H](CC(C)C)NC(=O)[C@H](CCCN=C(N)N)NC(=O)[C@H](Cc1c[nH]c2ccccc12)NC(=O)[C@@H](N)CCCCN)C(=O)NCC(=O)N[C@@H](C)C(=O)N[C@H](C(=O)N[C@@H](CC(C)C)C(=O)N[C@@H](CCCCN)C(=O)N[C@H](C(=O)N[C@@H](CC(C)C)C(N)=O)C(C)C)C(C)C. The molecule has 1 aromatic heterocycles. The number of amides is 15. The number of nitrogens with zero attached hydrogens (tertiary/aromatic N) is 1. The molecule has 39 heteroatoms. The third-order valence-electron chi connectivity index (χ3n) is 21.8. The van der Waals surface area contributed by atoms with Crippen molar-refractivity contribution in [1.29, 1.82) is 0 Å². The van der Waals surface area contributed by atoms with Crippen LogP contribution in [0.4, 0.5) is 0 Å². The van der Waals surface area contributed by atoms with Crippen LogP contribution in [0.25, 0.3) is 10.9 Å². The standard InChI is InChI=1S/C89H152N24O15/c1-14-55(12)74(86(126)100-49-71(114)101-56(13)76(116)111-72(53(8)9)88(128)110-68(45-52(6)7)82(122)104-63(35-22-26-40-92)80(120)112-73(54(10)11)87(127)106-66(75(95)115)43-50(2)3)113-81(121)64(36-23-27-41-93)102-78(118)62(34-21-25-39-91)103-84(124)69(46-57-29-16-15-17-30-57)109-83(123)67(44-51(4)5)108-79(119)65(37-28-42-98-89(96)97)105-85(125)70(107-77(117)60(94)32-20-24-38-90)47-58-48-99-61-33-19-18-31-59(58)61/h15-19,29-31,33,48,50-56,60,62-70,72-74,99H,14,20-28,32,34-47,49,90-94H2,1-13H3,(H2,95,115)(H,100,126)(H,101,114)(H,102,118)(H,103,124)(H,104,122)(H,105,125)(H,106,127)(H,107,117)(H,108,119)(H,109,123)(H,110,128)(H,111,116)(H,112,120)(H,113,121)(H4,96,97,98)/t55-,56-,60-,62-,63-,64-,65-,66-,67-,68-,69-,70-,72-,73-,74-/m0/s1.